The van der Waals surface area contributed by atoms with Crippen LogP contribution in [0.5, 0.6) is 0 Å². The molecule has 1 saturated heterocycles. The molecular formula is C20H17ClN6O2. The average molecular weight is 409 g/mol. The van der Waals surface area contributed by atoms with Gasteiger partial charge in [0, 0.05) is 24.3 Å². The zero-order chi connectivity index (χ0) is 20.4. The van der Waals surface area contributed by atoms with E-state index in [9.17, 15) is 14.9 Å². The van der Waals surface area contributed by atoms with Crippen LogP contribution < -0.4 is 16.1 Å². The van der Waals surface area contributed by atoms with Crippen LogP contribution in [0, 0.1) is 17.2 Å². The molecule has 0 amide bonds. The number of benzene rings is 1. The highest BCUT2D eigenvalue weighted by atomic mass is 35.5. The molecule has 0 radical (unpaired) electrons. The SMILES string of the molecule is N#Cc1nnc(-c2c[nH]c(=O)[nH]c2=O)cc1N1CCC(Cc2ccc(Cl)cc2)C1. The highest BCUT2D eigenvalue weighted by Gasteiger charge is 2.26. The predicted octanol–water partition coefficient (Wildman–Crippen LogP) is 2.11. The normalized spacial score (nSPS) is 16.0. The van der Waals surface area contributed by atoms with E-state index in [2.05, 4.69) is 31.1 Å². The molecule has 1 unspecified atom stereocenters. The molecule has 3 heterocycles. The van der Waals surface area contributed by atoms with Crippen LogP contribution >= 0.6 is 11.6 Å². The van der Waals surface area contributed by atoms with Gasteiger partial charge < -0.3 is 9.88 Å². The molecule has 0 aliphatic carbocycles. The van der Waals surface area contributed by atoms with Crippen molar-refractivity contribution in [2.75, 3.05) is 18.0 Å². The van der Waals surface area contributed by atoms with Crippen LogP contribution in [0.4, 0.5) is 5.69 Å². The molecule has 146 valence electrons. The Kier molecular flexibility index (Phi) is 5.14. The lowest BCUT2D eigenvalue weighted by molar-refractivity contribution is 0.586. The molecule has 1 atom stereocenters. The molecule has 0 spiro atoms. The van der Waals surface area contributed by atoms with Crippen molar-refractivity contribution in [3.05, 3.63) is 73.6 Å². The third kappa shape index (κ3) is 4.05. The Morgan fingerprint density at radius 3 is 2.76 bits per heavy atom. The Bertz CT molecular complexity index is 1200. The number of nitriles is 1. The van der Waals surface area contributed by atoms with Crippen molar-refractivity contribution in [1.29, 1.82) is 5.26 Å². The molecule has 1 aromatic carbocycles. The molecule has 8 nitrogen and oxygen atoms in total. The van der Waals surface area contributed by atoms with Crippen molar-refractivity contribution in [1.82, 2.24) is 20.2 Å². The van der Waals surface area contributed by atoms with Crippen LogP contribution in [-0.4, -0.2) is 33.3 Å². The van der Waals surface area contributed by atoms with Gasteiger partial charge in [0.1, 0.15) is 11.8 Å². The zero-order valence-electron chi connectivity index (χ0n) is 15.4. The molecule has 9 heteroatoms. The molecule has 3 aromatic rings. The van der Waals surface area contributed by atoms with Crippen molar-refractivity contribution in [2.45, 2.75) is 12.8 Å². The number of anilines is 1. The predicted molar refractivity (Wildman–Crippen MR) is 109 cm³/mol. The minimum absolute atomic E-state index is 0.194. The van der Waals surface area contributed by atoms with Gasteiger partial charge in [-0.05, 0) is 42.5 Å². The molecule has 1 aliphatic heterocycles. The van der Waals surface area contributed by atoms with Gasteiger partial charge in [0.05, 0.1) is 11.3 Å². The molecule has 0 bridgehead atoms. The van der Waals surface area contributed by atoms with Gasteiger partial charge in [-0.15, -0.1) is 10.2 Å². The second kappa shape index (κ2) is 7.89. The van der Waals surface area contributed by atoms with E-state index in [1.807, 2.05) is 24.3 Å². The molecule has 1 fully saturated rings. The van der Waals surface area contributed by atoms with Crippen LogP contribution in [0.25, 0.3) is 11.3 Å². The van der Waals surface area contributed by atoms with Crippen LogP contribution in [0.1, 0.15) is 17.7 Å². The second-order valence-corrected chi connectivity index (χ2v) is 7.43. The fourth-order valence-corrected chi connectivity index (χ4v) is 3.73. The molecule has 2 N–H and O–H groups in total. The lowest BCUT2D eigenvalue weighted by Crippen LogP contribution is -2.24. The first-order valence-electron chi connectivity index (χ1n) is 9.13. The van der Waals surface area contributed by atoms with Gasteiger partial charge >= 0.3 is 5.69 Å². The summed E-state index contributed by atoms with van der Waals surface area (Å²) in [5.41, 5.74) is 1.42. The van der Waals surface area contributed by atoms with Crippen LogP contribution in [0.2, 0.25) is 5.02 Å². The van der Waals surface area contributed by atoms with Crippen molar-refractivity contribution in [2.24, 2.45) is 5.92 Å². The lowest BCUT2D eigenvalue weighted by atomic mass is 9.99. The number of hydrogen-bond donors (Lipinski definition) is 2. The highest BCUT2D eigenvalue weighted by molar-refractivity contribution is 6.30. The third-order valence-electron chi connectivity index (χ3n) is 5.04. The van der Waals surface area contributed by atoms with Crippen molar-refractivity contribution < 1.29 is 0 Å². The van der Waals surface area contributed by atoms with Gasteiger partial charge in [0.25, 0.3) is 5.56 Å². The largest absolute Gasteiger partial charge is 0.369 e. The second-order valence-electron chi connectivity index (χ2n) is 6.99. The van der Waals surface area contributed by atoms with Gasteiger partial charge in [-0.1, -0.05) is 23.7 Å². The first kappa shape index (κ1) is 18.9. The van der Waals surface area contributed by atoms with E-state index in [0.29, 0.717) is 22.3 Å². The number of hydrogen-bond acceptors (Lipinski definition) is 6. The molecule has 1 aliphatic rings. The number of aromatic amines is 2. The number of nitrogens with one attached hydrogen (secondary N) is 2. The van der Waals surface area contributed by atoms with E-state index in [-0.39, 0.29) is 11.3 Å². The standard InChI is InChI=1S/C20H17ClN6O2/c21-14-3-1-12(2-4-14)7-13-5-6-27(11-13)18-8-16(25-26-17(18)9-22)15-10-23-20(29)24-19(15)28/h1-4,8,10,13H,5-7,11H2,(H2,23,24,28,29). The van der Waals surface area contributed by atoms with E-state index in [1.54, 1.807) is 6.07 Å². The van der Waals surface area contributed by atoms with E-state index < -0.39 is 11.2 Å². The summed E-state index contributed by atoms with van der Waals surface area (Å²) in [5, 5.41) is 18.1. The van der Waals surface area contributed by atoms with Gasteiger partial charge in [-0.25, -0.2) is 4.79 Å². The number of nitrogens with zero attached hydrogens (tertiary/aromatic N) is 4. The van der Waals surface area contributed by atoms with E-state index >= 15 is 0 Å². The maximum atomic E-state index is 12.1. The van der Waals surface area contributed by atoms with Crippen molar-refractivity contribution in [3.63, 3.8) is 0 Å². The zero-order valence-corrected chi connectivity index (χ0v) is 16.1. The monoisotopic (exact) mass is 408 g/mol. The highest BCUT2D eigenvalue weighted by Crippen LogP contribution is 2.29. The number of rotatable bonds is 4. The molecule has 4 rings (SSSR count). The summed E-state index contributed by atoms with van der Waals surface area (Å²) in [7, 11) is 0. The fraction of sp³-hybridized carbons (Fsp3) is 0.250. The van der Waals surface area contributed by atoms with E-state index in [4.69, 9.17) is 11.6 Å². The smallest absolute Gasteiger partial charge is 0.325 e. The summed E-state index contributed by atoms with van der Waals surface area (Å²) in [6.45, 7) is 1.55. The van der Waals surface area contributed by atoms with E-state index in [1.165, 1.54) is 11.8 Å². The molecule has 2 aromatic heterocycles. The average Bonchev–Trinajstić information content (AvgIpc) is 3.18. The maximum Gasteiger partial charge on any atom is 0.325 e. The van der Waals surface area contributed by atoms with Crippen LogP contribution in [0.15, 0.2) is 46.1 Å². The van der Waals surface area contributed by atoms with Gasteiger partial charge in [0.2, 0.25) is 0 Å². The molecule has 29 heavy (non-hydrogen) atoms. The fourth-order valence-electron chi connectivity index (χ4n) is 3.61. The summed E-state index contributed by atoms with van der Waals surface area (Å²) >= 11 is 5.95. The van der Waals surface area contributed by atoms with Gasteiger partial charge in [0.15, 0.2) is 5.69 Å². The Morgan fingerprint density at radius 1 is 1.24 bits per heavy atom. The molecular weight excluding hydrogens is 392 g/mol. The maximum absolute atomic E-state index is 12.1. The van der Waals surface area contributed by atoms with Crippen molar-refractivity contribution >= 4 is 17.3 Å². The third-order valence-corrected chi connectivity index (χ3v) is 5.29. The number of H-pyrrole nitrogens is 2. The topological polar surface area (TPSA) is 119 Å². The van der Waals surface area contributed by atoms with Gasteiger partial charge in [-0.3, -0.25) is 9.78 Å². The van der Waals surface area contributed by atoms with Crippen LogP contribution in [-0.2, 0) is 6.42 Å². The lowest BCUT2D eigenvalue weighted by Gasteiger charge is -2.20. The van der Waals surface area contributed by atoms with Gasteiger partial charge in [-0.2, -0.15) is 5.26 Å². The van der Waals surface area contributed by atoms with Crippen LogP contribution in [0.3, 0.4) is 0 Å². The number of halogens is 1. The Labute approximate surface area is 170 Å². The molecule has 0 saturated carbocycles. The summed E-state index contributed by atoms with van der Waals surface area (Å²) in [6, 6.07) is 11.6. The minimum Gasteiger partial charge on any atom is -0.369 e. The minimum atomic E-state index is -0.592. The Morgan fingerprint density at radius 2 is 2.03 bits per heavy atom. The Balaban J connectivity index is 1.59. The summed E-state index contributed by atoms with van der Waals surface area (Å²) < 4.78 is 0. The number of aromatic nitrogens is 4. The van der Waals surface area contributed by atoms with E-state index in [0.717, 1.165) is 25.9 Å². The van der Waals surface area contributed by atoms with Crippen molar-refractivity contribution in [3.8, 4) is 17.3 Å². The summed E-state index contributed by atoms with van der Waals surface area (Å²) in [6.07, 6.45) is 3.19. The summed E-state index contributed by atoms with van der Waals surface area (Å²) in [4.78, 5) is 30.0. The Hall–Kier alpha value is -3.44. The quantitative estimate of drug-likeness (QED) is 0.682. The summed E-state index contributed by atoms with van der Waals surface area (Å²) in [5.74, 6) is 0.427. The first-order chi connectivity index (χ1) is 14.0. The first-order valence-corrected chi connectivity index (χ1v) is 9.51.